The minimum absolute atomic E-state index is 0.119. The van der Waals surface area contributed by atoms with Gasteiger partial charge in [0.15, 0.2) is 0 Å². The zero-order valence-corrected chi connectivity index (χ0v) is 9.58. The van der Waals surface area contributed by atoms with Gasteiger partial charge in [-0.25, -0.2) is 4.98 Å². The van der Waals surface area contributed by atoms with Crippen molar-refractivity contribution >= 4 is 33.4 Å². The lowest BCUT2D eigenvalue weighted by atomic mass is 10.1. The molecule has 0 radical (unpaired) electrons. The average molecular weight is 264 g/mol. The Morgan fingerprint density at radius 1 is 1.11 bits per heavy atom. The maximum atomic E-state index is 11.6. The second kappa shape index (κ2) is 3.58. The van der Waals surface area contributed by atoms with Gasteiger partial charge in [0, 0.05) is 0 Å². The number of aromatic hydroxyl groups is 1. The Balaban J connectivity index is 2.75. The van der Waals surface area contributed by atoms with Crippen LogP contribution in [0.5, 0.6) is 5.75 Å². The maximum Gasteiger partial charge on any atom is 0.289 e. The van der Waals surface area contributed by atoms with Gasteiger partial charge in [-0.3, -0.25) is 19.8 Å². The molecule has 0 amide bonds. The summed E-state index contributed by atoms with van der Waals surface area (Å²) in [5.74, 6) is -0.340. The monoisotopic (exact) mass is 263 g/mol. The van der Waals surface area contributed by atoms with Crippen molar-refractivity contribution in [3.8, 4) is 5.75 Å². The largest absolute Gasteiger partial charge is 0.506 e. The summed E-state index contributed by atoms with van der Waals surface area (Å²) in [5, 5.41) is 14.7. The van der Waals surface area contributed by atoms with Gasteiger partial charge in [-0.05, 0) is 12.1 Å². The van der Waals surface area contributed by atoms with E-state index in [2.05, 4.69) is 15.2 Å². The van der Waals surface area contributed by atoms with E-state index in [1.165, 1.54) is 0 Å². The summed E-state index contributed by atoms with van der Waals surface area (Å²) in [5.41, 5.74) is -0.979. The third-order valence-corrected chi connectivity index (χ3v) is 2.98. The van der Waals surface area contributed by atoms with Gasteiger partial charge in [-0.15, -0.1) is 0 Å². The number of H-pyrrole nitrogens is 2. The summed E-state index contributed by atoms with van der Waals surface area (Å²) in [7, 11) is 0. The van der Waals surface area contributed by atoms with Crippen molar-refractivity contribution in [2.45, 2.75) is 0 Å². The molecule has 2 heterocycles. The summed E-state index contributed by atoms with van der Waals surface area (Å²) in [4.78, 5) is 27.3. The summed E-state index contributed by atoms with van der Waals surface area (Å²) < 4.78 is 0. The molecule has 0 unspecified atom stereocenters. The Labute approximate surface area is 104 Å². The van der Waals surface area contributed by atoms with Crippen LogP contribution in [0, 0.1) is 0 Å². The third kappa shape index (κ3) is 1.32. The van der Waals surface area contributed by atoms with Crippen LogP contribution in [0.3, 0.4) is 0 Å². The van der Waals surface area contributed by atoms with Crippen LogP contribution in [0.2, 0.25) is 5.02 Å². The van der Waals surface area contributed by atoms with E-state index in [1.807, 2.05) is 0 Å². The van der Waals surface area contributed by atoms with E-state index in [-0.39, 0.29) is 27.1 Å². The van der Waals surface area contributed by atoms with Crippen LogP contribution in [0.25, 0.3) is 21.8 Å². The van der Waals surface area contributed by atoms with Gasteiger partial charge in [-0.1, -0.05) is 17.7 Å². The third-order valence-electron chi connectivity index (χ3n) is 2.67. The molecule has 0 fully saturated rings. The second-order valence-corrected chi connectivity index (χ2v) is 4.13. The quantitative estimate of drug-likeness (QED) is 0.529. The van der Waals surface area contributed by atoms with Gasteiger partial charge in [0.25, 0.3) is 11.1 Å². The Kier molecular flexibility index (Phi) is 2.14. The first-order valence-corrected chi connectivity index (χ1v) is 5.39. The van der Waals surface area contributed by atoms with Crippen molar-refractivity contribution in [2.75, 3.05) is 0 Å². The van der Waals surface area contributed by atoms with Crippen molar-refractivity contribution in [1.82, 2.24) is 15.2 Å². The van der Waals surface area contributed by atoms with E-state index < -0.39 is 11.1 Å². The first kappa shape index (κ1) is 10.8. The van der Waals surface area contributed by atoms with Gasteiger partial charge in [0.05, 0.1) is 15.9 Å². The molecule has 90 valence electrons. The van der Waals surface area contributed by atoms with Crippen molar-refractivity contribution < 1.29 is 5.11 Å². The highest BCUT2D eigenvalue weighted by Crippen LogP contribution is 2.33. The van der Waals surface area contributed by atoms with Crippen LogP contribution in [0.4, 0.5) is 0 Å². The molecule has 0 aliphatic carbocycles. The molecule has 3 aromatic rings. The first-order valence-electron chi connectivity index (χ1n) is 5.01. The predicted octanol–water partition coefficient (Wildman–Crippen LogP) is 1.12. The SMILES string of the molecule is O=c1[nH][nH]c(=O)c2c(O)c3c(Cl)cccc3nc12. The lowest BCUT2D eigenvalue weighted by Crippen LogP contribution is -2.20. The molecular formula is C11H6ClN3O3. The summed E-state index contributed by atoms with van der Waals surface area (Å²) in [6.07, 6.45) is 0. The van der Waals surface area contributed by atoms with Crippen LogP contribution in [-0.4, -0.2) is 20.3 Å². The number of pyridine rings is 1. The van der Waals surface area contributed by atoms with Crippen LogP contribution >= 0.6 is 11.6 Å². The average Bonchev–Trinajstić information content (AvgIpc) is 2.34. The molecule has 0 atom stereocenters. The molecule has 18 heavy (non-hydrogen) atoms. The molecular weight excluding hydrogens is 258 g/mol. The second-order valence-electron chi connectivity index (χ2n) is 3.73. The standard InChI is InChI=1S/C11H6ClN3O3/c12-4-2-1-3-5-6(4)9(16)7-8(13-5)11(18)15-14-10(7)17/h1-3H,(H,13,16)(H,14,17)(H,15,18). The number of hydrogen-bond acceptors (Lipinski definition) is 4. The summed E-state index contributed by atoms with van der Waals surface area (Å²) in [6.45, 7) is 0. The Morgan fingerprint density at radius 2 is 1.83 bits per heavy atom. The van der Waals surface area contributed by atoms with E-state index in [0.717, 1.165) is 0 Å². The van der Waals surface area contributed by atoms with E-state index in [0.29, 0.717) is 5.52 Å². The molecule has 0 spiro atoms. The molecule has 0 saturated carbocycles. The van der Waals surface area contributed by atoms with Gasteiger partial charge in [0.1, 0.15) is 16.7 Å². The van der Waals surface area contributed by atoms with Gasteiger partial charge in [-0.2, -0.15) is 0 Å². The number of benzene rings is 1. The van der Waals surface area contributed by atoms with Crippen molar-refractivity contribution in [3.05, 3.63) is 43.9 Å². The van der Waals surface area contributed by atoms with Crippen molar-refractivity contribution in [2.24, 2.45) is 0 Å². The fourth-order valence-corrected chi connectivity index (χ4v) is 2.13. The molecule has 6 nitrogen and oxygen atoms in total. The van der Waals surface area contributed by atoms with E-state index in [1.54, 1.807) is 18.2 Å². The van der Waals surface area contributed by atoms with Crippen molar-refractivity contribution in [3.63, 3.8) is 0 Å². The van der Waals surface area contributed by atoms with Crippen LogP contribution in [0.15, 0.2) is 27.8 Å². The topological polar surface area (TPSA) is 98.8 Å². The predicted molar refractivity (Wildman–Crippen MR) is 67.2 cm³/mol. The number of hydrogen-bond donors (Lipinski definition) is 3. The highest BCUT2D eigenvalue weighted by atomic mass is 35.5. The molecule has 0 saturated heterocycles. The molecule has 3 N–H and O–H groups in total. The van der Waals surface area contributed by atoms with Crippen LogP contribution < -0.4 is 11.1 Å². The highest BCUT2D eigenvalue weighted by Gasteiger charge is 2.15. The Bertz CT molecular complexity index is 898. The van der Waals surface area contributed by atoms with E-state index in [4.69, 9.17) is 11.6 Å². The molecule has 1 aromatic carbocycles. The molecule has 7 heteroatoms. The number of halogens is 1. The van der Waals surface area contributed by atoms with Crippen molar-refractivity contribution in [1.29, 1.82) is 0 Å². The molecule has 3 rings (SSSR count). The molecule has 2 aromatic heterocycles. The number of nitrogens with zero attached hydrogens (tertiary/aromatic N) is 1. The molecule has 0 aliphatic heterocycles. The smallest absolute Gasteiger partial charge is 0.289 e. The fraction of sp³-hybridized carbons (Fsp3) is 0. The van der Waals surface area contributed by atoms with E-state index in [9.17, 15) is 14.7 Å². The fourth-order valence-electron chi connectivity index (χ4n) is 1.87. The lowest BCUT2D eigenvalue weighted by Gasteiger charge is -2.05. The molecule has 0 aliphatic rings. The minimum atomic E-state index is -0.628. The number of aromatic amines is 2. The number of fused-ring (bicyclic) bond motifs is 2. The molecule has 0 bridgehead atoms. The summed E-state index contributed by atoms with van der Waals surface area (Å²) >= 11 is 5.96. The highest BCUT2D eigenvalue weighted by molar-refractivity contribution is 6.36. The zero-order chi connectivity index (χ0) is 12.9. The number of nitrogens with one attached hydrogen (secondary N) is 2. The minimum Gasteiger partial charge on any atom is -0.506 e. The van der Waals surface area contributed by atoms with Gasteiger partial charge >= 0.3 is 0 Å². The van der Waals surface area contributed by atoms with Gasteiger partial charge < -0.3 is 5.11 Å². The Morgan fingerprint density at radius 3 is 2.61 bits per heavy atom. The first-order chi connectivity index (χ1) is 8.59. The van der Waals surface area contributed by atoms with Crippen LogP contribution in [-0.2, 0) is 0 Å². The Hall–Kier alpha value is -2.34. The zero-order valence-electron chi connectivity index (χ0n) is 8.82. The lowest BCUT2D eigenvalue weighted by molar-refractivity contribution is 0.487. The number of aromatic nitrogens is 3. The summed E-state index contributed by atoms with van der Waals surface area (Å²) in [6, 6.07) is 4.81. The van der Waals surface area contributed by atoms with Gasteiger partial charge in [0.2, 0.25) is 0 Å². The van der Waals surface area contributed by atoms with Crippen LogP contribution in [0.1, 0.15) is 0 Å². The normalized spacial score (nSPS) is 11.2. The van der Waals surface area contributed by atoms with E-state index >= 15 is 0 Å². The number of rotatable bonds is 0. The maximum absolute atomic E-state index is 11.6.